The number of tetrazole rings is 1. The van der Waals surface area contributed by atoms with Gasteiger partial charge in [-0.2, -0.15) is 4.80 Å². The third-order valence-corrected chi connectivity index (χ3v) is 5.87. The van der Waals surface area contributed by atoms with E-state index < -0.39 is 5.91 Å². The van der Waals surface area contributed by atoms with Crippen LogP contribution in [0, 0.1) is 5.82 Å². The molecule has 10 nitrogen and oxygen atoms in total. The smallest absolute Gasteiger partial charge is 0.251 e. The van der Waals surface area contributed by atoms with Gasteiger partial charge >= 0.3 is 0 Å². The largest absolute Gasteiger partial charge is 0.376 e. The van der Waals surface area contributed by atoms with Crippen LogP contribution in [0.2, 0.25) is 0 Å². The van der Waals surface area contributed by atoms with Crippen LogP contribution in [-0.2, 0) is 20.9 Å². The molecule has 0 bridgehead atoms. The highest BCUT2D eigenvalue weighted by Gasteiger charge is 2.23. The van der Waals surface area contributed by atoms with Gasteiger partial charge in [-0.25, -0.2) is 4.39 Å². The molecule has 3 heterocycles. The van der Waals surface area contributed by atoms with Gasteiger partial charge in [0.25, 0.3) is 5.91 Å². The molecule has 0 aliphatic carbocycles. The van der Waals surface area contributed by atoms with Gasteiger partial charge in [-0.1, -0.05) is 18.2 Å². The number of nitrogens with zero attached hydrogens (tertiary/aromatic N) is 6. The van der Waals surface area contributed by atoms with Crippen molar-refractivity contribution in [1.82, 2.24) is 30.5 Å². The lowest BCUT2D eigenvalue weighted by Crippen LogP contribution is -2.44. The van der Waals surface area contributed by atoms with Crippen molar-refractivity contribution in [3.63, 3.8) is 0 Å². The van der Waals surface area contributed by atoms with E-state index >= 15 is 0 Å². The molecule has 2 amide bonds. The molecule has 0 spiro atoms. The van der Waals surface area contributed by atoms with Gasteiger partial charge in [-0.15, -0.1) is 10.2 Å². The van der Waals surface area contributed by atoms with Gasteiger partial charge in [-0.05, 0) is 54.5 Å². The molecular formula is C25H24FN7O3. The predicted molar refractivity (Wildman–Crippen MR) is 129 cm³/mol. The molecule has 4 aromatic rings. The number of para-hydroxylation sites is 1. The Morgan fingerprint density at radius 1 is 1.17 bits per heavy atom. The second kappa shape index (κ2) is 10.6. The zero-order chi connectivity index (χ0) is 24.9. The second-order valence-corrected chi connectivity index (χ2v) is 8.46. The first-order valence-corrected chi connectivity index (χ1v) is 11.6. The van der Waals surface area contributed by atoms with Crippen molar-refractivity contribution < 1.29 is 18.7 Å². The van der Waals surface area contributed by atoms with E-state index in [9.17, 15) is 14.0 Å². The molecule has 0 saturated carbocycles. The molecule has 11 heteroatoms. The van der Waals surface area contributed by atoms with Crippen molar-refractivity contribution in [2.75, 3.05) is 24.6 Å². The van der Waals surface area contributed by atoms with Gasteiger partial charge in [0, 0.05) is 24.1 Å². The SMILES string of the molecule is O=C(CN(C(=O)Cn1nnc(-c2ccc(F)cc2)n1)c1cnc2ccccc2c1)NC[C@@H]1CCCO1. The average Bonchev–Trinajstić information content (AvgIpc) is 3.59. The summed E-state index contributed by atoms with van der Waals surface area (Å²) in [7, 11) is 0. The molecule has 1 aliphatic rings. The van der Waals surface area contributed by atoms with E-state index in [1.807, 2.05) is 30.3 Å². The first-order chi connectivity index (χ1) is 17.5. The van der Waals surface area contributed by atoms with E-state index in [4.69, 9.17) is 4.74 Å². The van der Waals surface area contributed by atoms with E-state index in [0.29, 0.717) is 24.4 Å². The number of carbonyl (C=O) groups excluding carboxylic acids is 2. The number of fused-ring (bicyclic) bond motifs is 1. The molecule has 5 rings (SSSR count). The fourth-order valence-corrected chi connectivity index (χ4v) is 3.99. The number of benzene rings is 2. The number of carbonyl (C=O) groups is 2. The van der Waals surface area contributed by atoms with E-state index in [1.165, 1.54) is 29.2 Å². The Bertz CT molecular complexity index is 1370. The number of aromatic nitrogens is 5. The van der Waals surface area contributed by atoms with Crippen molar-refractivity contribution in [2.24, 2.45) is 0 Å². The lowest BCUT2D eigenvalue weighted by atomic mass is 10.2. The number of amides is 2. The molecule has 1 saturated heterocycles. The highest BCUT2D eigenvalue weighted by Crippen LogP contribution is 2.21. The fraction of sp³-hybridized carbons (Fsp3) is 0.280. The number of pyridine rings is 1. The molecule has 2 aromatic heterocycles. The Morgan fingerprint density at radius 2 is 2.00 bits per heavy atom. The van der Waals surface area contributed by atoms with Crippen LogP contribution in [0.3, 0.4) is 0 Å². The molecule has 1 N–H and O–H groups in total. The van der Waals surface area contributed by atoms with Gasteiger partial charge in [0.05, 0.1) is 23.5 Å². The summed E-state index contributed by atoms with van der Waals surface area (Å²) in [5.74, 6) is -0.845. The second-order valence-electron chi connectivity index (χ2n) is 8.46. The summed E-state index contributed by atoms with van der Waals surface area (Å²) in [5, 5.41) is 15.8. The lowest BCUT2D eigenvalue weighted by Gasteiger charge is -2.22. The van der Waals surface area contributed by atoms with Crippen molar-refractivity contribution in [1.29, 1.82) is 0 Å². The third-order valence-electron chi connectivity index (χ3n) is 5.87. The maximum absolute atomic E-state index is 13.4. The molecule has 0 unspecified atom stereocenters. The normalized spacial score (nSPS) is 15.2. The fourth-order valence-electron chi connectivity index (χ4n) is 3.99. The van der Waals surface area contributed by atoms with Gasteiger partial charge in [0.1, 0.15) is 18.9 Å². The average molecular weight is 490 g/mol. The summed E-state index contributed by atoms with van der Waals surface area (Å²) < 4.78 is 18.8. The summed E-state index contributed by atoms with van der Waals surface area (Å²) in [6.07, 6.45) is 3.42. The summed E-state index contributed by atoms with van der Waals surface area (Å²) in [6.45, 7) is 0.631. The predicted octanol–water partition coefficient (Wildman–Crippen LogP) is 2.36. The number of hydrogen-bond acceptors (Lipinski definition) is 7. The summed E-state index contributed by atoms with van der Waals surface area (Å²) in [4.78, 5) is 33.0. The molecule has 1 fully saturated rings. The summed E-state index contributed by atoms with van der Waals surface area (Å²) >= 11 is 0. The number of halogens is 1. The first kappa shape index (κ1) is 23.5. The van der Waals surface area contributed by atoms with Crippen LogP contribution in [0.4, 0.5) is 10.1 Å². The summed E-state index contributed by atoms with van der Waals surface area (Å²) in [5.41, 5.74) is 1.82. The van der Waals surface area contributed by atoms with Crippen LogP contribution < -0.4 is 10.2 Å². The standard InChI is InChI=1S/C25H24FN7O3/c26-19-9-7-17(8-10-19)25-29-31-33(30-25)16-24(35)32(15-23(34)28-14-21-5-3-11-36-21)20-12-18-4-1-2-6-22(18)27-13-20/h1-2,4,6-10,12-13,21H,3,5,11,14-16H2,(H,28,34)/t21-/m0/s1. The number of anilines is 1. The molecule has 1 aliphatic heterocycles. The van der Waals surface area contributed by atoms with Gasteiger partial charge in [0.2, 0.25) is 11.7 Å². The Balaban J connectivity index is 1.34. The minimum Gasteiger partial charge on any atom is -0.376 e. The number of rotatable bonds is 8. The van der Waals surface area contributed by atoms with Crippen molar-refractivity contribution in [2.45, 2.75) is 25.5 Å². The minimum atomic E-state index is -0.414. The van der Waals surface area contributed by atoms with E-state index in [0.717, 1.165) is 28.5 Å². The third kappa shape index (κ3) is 5.52. The molecule has 36 heavy (non-hydrogen) atoms. The minimum absolute atomic E-state index is 0.00957. The maximum atomic E-state index is 13.4. The van der Waals surface area contributed by atoms with Crippen LogP contribution in [0.25, 0.3) is 22.3 Å². The van der Waals surface area contributed by atoms with E-state index in [-0.39, 0.29) is 36.7 Å². The van der Waals surface area contributed by atoms with Gasteiger partial charge in [-0.3, -0.25) is 19.5 Å². The lowest BCUT2D eigenvalue weighted by molar-refractivity contribution is -0.124. The Morgan fingerprint density at radius 3 is 2.81 bits per heavy atom. The maximum Gasteiger partial charge on any atom is 0.251 e. The van der Waals surface area contributed by atoms with E-state index in [1.54, 1.807) is 6.20 Å². The van der Waals surface area contributed by atoms with Crippen LogP contribution in [-0.4, -0.2) is 62.8 Å². The first-order valence-electron chi connectivity index (χ1n) is 11.6. The van der Waals surface area contributed by atoms with Crippen LogP contribution in [0.15, 0.2) is 60.8 Å². The van der Waals surface area contributed by atoms with Crippen molar-refractivity contribution in [3.8, 4) is 11.4 Å². The van der Waals surface area contributed by atoms with Crippen molar-refractivity contribution >= 4 is 28.4 Å². The zero-order valence-corrected chi connectivity index (χ0v) is 19.4. The highest BCUT2D eigenvalue weighted by molar-refractivity contribution is 5.99. The van der Waals surface area contributed by atoms with Crippen molar-refractivity contribution in [3.05, 3.63) is 66.6 Å². The zero-order valence-electron chi connectivity index (χ0n) is 19.4. The number of nitrogens with one attached hydrogen (secondary N) is 1. The monoisotopic (exact) mass is 489 g/mol. The number of ether oxygens (including phenoxy) is 1. The quantitative estimate of drug-likeness (QED) is 0.404. The molecule has 0 radical (unpaired) electrons. The molecule has 1 atom stereocenters. The Kier molecular flexibility index (Phi) is 6.89. The van der Waals surface area contributed by atoms with E-state index in [2.05, 4.69) is 25.7 Å². The van der Waals surface area contributed by atoms with Gasteiger partial charge < -0.3 is 10.1 Å². The Labute approximate surface area is 206 Å². The highest BCUT2D eigenvalue weighted by atomic mass is 19.1. The summed E-state index contributed by atoms with van der Waals surface area (Å²) in [6, 6.07) is 15.0. The molecular weight excluding hydrogens is 465 g/mol. The molecule has 184 valence electrons. The number of hydrogen-bond donors (Lipinski definition) is 1. The van der Waals surface area contributed by atoms with Crippen LogP contribution >= 0.6 is 0 Å². The Hall–Kier alpha value is -4.25. The van der Waals surface area contributed by atoms with Crippen LogP contribution in [0.1, 0.15) is 12.8 Å². The van der Waals surface area contributed by atoms with Crippen LogP contribution in [0.5, 0.6) is 0 Å². The molecule has 2 aromatic carbocycles. The van der Waals surface area contributed by atoms with Gasteiger partial charge in [0.15, 0.2) is 0 Å². The topological polar surface area (TPSA) is 115 Å².